The number of amides is 2. The first-order valence-electron chi connectivity index (χ1n) is 8.24. The normalized spacial score (nSPS) is 28.5. The van der Waals surface area contributed by atoms with Gasteiger partial charge in [-0.1, -0.05) is 0 Å². The van der Waals surface area contributed by atoms with Crippen LogP contribution in [0.25, 0.3) is 0 Å². The molecule has 0 unspecified atom stereocenters. The van der Waals surface area contributed by atoms with E-state index in [-0.39, 0.29) is 23.8 Å². The molecule has 0 N–H and O–H groups in total. The highest BCUT2D eigenvalue weighted by Crippen LogP contribution is 2.37. The minimum atomic E-state index is -0.143. The summed E-state index contributed by atoms with van der Waals surface area (Å²) in [5, 5.41) is 0. The predicted molar refractivity (Wildman–Crippen MR) is 80.8 cm³/mol. The lowest BCUT2D eigenvalue weighted by Crippen LogP contribution is -2.37. The number of aromatic nitrogens is 1. The van der Waals surface area contributed by atoms with E-state index in [4.69, 9.17) is 0 Å². The van der Waals surface area contributed by atoms with Crippen LogP contribution in [0, 0.1) is 5.92 Å². The van der Waals surface area contributed by atoms with E-state index in [0.29, 0.717) is 19.0 Å². The molecule has 3 fully saturated rings. The molecule has 2 amide bonds. The third-order valence-electron chi connectivity index (χ3n) is 5.12. The molecule has 116 valence electrons. The monoisotopic (exact) mass is 299 g/mol. The molecule has 2 atom stereocenters. The van der Waals surface area contributed by atoms with Crippen LogP contribution in [0.1, 0.15) is 43.7 Å². The zero-order chi connectivity index (χ0) is 15.1. The van der Waals surface area contributed by atoms with Crippen LogP contribution in [0.4, 0.5) is 0 Å². The van der Waals surface area contributed by atoms with E-state index >= 15 is 0 Å². The minimum Gasteiger partial charge on any atom is -0.339 e. The Bertz CT molecular complexity index is 585. The Hall–Kier alpha value is -1.91. The van der Waals surface area contributed by atoms with Crippen LogP contribution in [0.5, 0.6) is 0 Å². The number of likely N-dealkylation sites (tertiary alicyclic amines) is 2. The molecule has 2 saturated heterocycles. The van der Waals surface area contributed by atoms with Gasteiger partial charge in [0.15, 0.2) is 0 Å². The summed E-state index contributed by atoms with van der Waals surface area (Å²) in [6.45, 7) is 1.43. The third kappa shape index (κ3) is 2.38. The Morgan fingerprint density at radius 3 is 2.68 bits per heavy atom. The summed E-state index contributed by atoms with van der Waals surface area (Å²) in [6, 6.07) is 4.56. The van der Waals surface area contributed by atoms with Crippen LogP contribution in [-0.2, 0) is 9.59 Å². The molecule has 0 aromatic carbocycles. The van der Waals surface area contributed by atoms with E-state index in [1.54, 1.807) is 12.4 Å². The van der Waals surface area contributed by atoms with E-state index in [1.807, 2.05) is 21.9 Å². The Balaban J connectivity index is 1.49. The van der Waals surface area contributed by atoms with Crippen LogP contribution >= 0.6 is 0 Å². The van der Waals surface area contributed by atoms with Crippen LogP contribution in [0.2, 0.25) is 0 Å². The van der Waals surface area contributed by atoms with Crippen molar-refractivity contribution in [1.29, 1.82) is 0 Å². The van der Waals surface area contributed by atoms with Gasteiger partial charge >= 0.3 is 0 Å². The van der Waals surface area contributed by atoms with Gasteiger partial charge in [-0.15, -0.1) is 0 Å². The summed E-state index contributed by atoms with van der Waals surface area (Å²) in [5.41, 5.74) is 1.16. The smallest absolute Gasteiger partial charge is 0.228 e. The SMILES string of the molecule is O=C1C[C@H](C(=O)N2CCC[C@H]2c2ccncc2)CN1C1CC1. The van der Waals surface area contributed by atoms with Gasteiger partial charge < -0.3 is 9.80 Å². The maximum absolute atomic E-state index is 12.9. The molecule has 3 heterocycles. The fourth-order valence-corrected chi connectivity index (χ4v) is 3.83. The molecule has 2 aliphatic heterocycles. The number of nitrogens with zero attached hydrogens (tertiary/aromatic N) is 3. The highest BCUT2D eigenvalue weighted by Gasteiger charge is 2.44. The highest BCUT2D eigenvalue weighted by molar-refractivity contribution is 5.90. The van der Waals surface area contributed by atoms with Crippen molar-refractivity contribution in [3.8, 4) is 0 Å². The number of carbonyl (C=O) groups excluding carboxylic acids is 2. The lowest BCUT2D eigenvalue weighted by molar-refractivity contribution is -0.136. The molecule has 22 heavy (non-hydrogen) atoms. The Kier molecular flexibility index (Phi) is 3.36. The minimum absolute atomic E-state index is 0.143. The van der Waals surface area contributed by atoms with E-state index < -0.39 is 0 Å². The van der Waals surface area contributed by atoms with Crippen molar-refractivity contribution in [2.75, 3.05) is 13.1 Å². The first-order valence-corrected chi connectivity index (χ1v) is 8.24. The number of pyridine rings is 1. The molecular formula is C17H21N3O2. The second-order valence-corrected chi connectivity index (χ2v) is 6.65. The molecule has 1 saturated carbocycles. The van der Waals surface area contributed by atoms with E-state index in [1.165, 1.54) is 0 Å². The third-order valence-corrected chi connectivity index (χ3v) is 5.12. The molecule has 0 radical (unpaired) electrons. The van der Waals surface area contributed by atoms with Gasteiger partial charge in [-0.05, 0) is 43.4 Å². The van der Waals surface area contributed by atoms with Gasteiger partial charge in [0.05, 0.1) is 12.0 Å². The van der Waals surface area contributed by atoms with Crippen molar-refractivity contribution < 1.29 is 9.59 Å². The maximum atomic E-state index is 12.9. The molecule has 4 rings (SSSR count). The summed E-state index contributed by atoms with van der Waals surface area (Å²) in [5.74, 6) is 0.187. The number of hydrogen-bond acceptors (Lipinski definition) is 3. The number of carbonyl (C=O) groups is 2. The van der Waals surface area contributed by atoms with E-state index in [9.17, 15) is 9.59 Å². The van der Waals surface area contributed by atoms with Crippen molar-refractivity contribution in [1.82, 2.24) is 14.8 Å². The van der Waals surface area contributed by atoms with Crippen molar-refractivity contribution in [2.45, 2.75) is 44.2 Å². The Labute approximate surface area is 130 Å². The van der Waals surface area contributed by atoms with Crippen LogP contribution in [-0.4, -0.2) is 45.7 Å². The van der Waals surface area contributed by atoms with Crippen LogP contribution < -0.4 is 0 Å². The van der Waals surface area contributed by atoms with Crippen molar-refractivity contribution in [3.63, 3.8) is 0 Å². The summed E-state index contributed by atoms with van der Waals surface area (Å²) in [4.78, 5) is 33.0. The zero-order valence-corrected chi connectivity index (χ0v) is 12.6. The maximum Gasteiger partial charge on any atom is 0.228 e. The summed E-state index contributed by atoms with van der Waals surface area (Å²) >= 11 is 0. The van der Waals surface area contributed by atoms with E-state index in [2.05, 4.69) is 4.98 Å². The average molecular weight is 299 g/mol. The topological polar surface area (TPSA) is 53.5 Å². The fourth-order valence-electron chi connectivity index (χ4n) is 3.83. The molecule has 5 nitrogen and oxygen atoms in total. The quantitative estimate of drug-likeness (QED) is 0.854. The van der Waals surface area contributed by atoms with Crippen LogP contribution in [0.3, 0.4) is 0 Å². The molecule has 0 bridgehead atoms. The first-order chi connectivity index (χ1) is 10.7. The van der Waals surface area contributed by atoms with Gasteiger partial charge in [-0.3, -0.25) is 14.6 Å². The lowest BCUT2D eigenvalue weighted by Gasteiger charge is -2.27. The molecule has 5 heteroatoms. The summed E-state index contributed by atoms with van der Waals surface area (Å²) in [7, 11) is 0. The van der Waals surface area contributed by atoms with Crippen LogP contribution in [0.15, 0.2) is 24.5 Å². The standard InChI is InChI=1S/C17H21N3O2/c21-16-10-13(11-20(16)14-3-4-14)17(22)19-9-1-2-15(19)12-5-7-18-8-6-12/h5-8,13-15H,1-4,9-11H2/t13-,15-/m0/s1. The predicted octanol–water partition coefficient (Wildman–Crippen LogP) is 1.76. The first kappa shape index (κ1) is 13.7. The fraction of sp³-hybridized carbons (Fsp3) is 0.588. The number of hydrogen-bond donors (Lipinski definition) is 0. The Morgan fingerprint density at radius 1 is 1.18 bits per heavy atom. The van der Waals surface area contributed by atoms with Gasteiger partial charge in [0.25, 0.3) is 0 Å². The van der Waals surface area contributed by atoms with Crippen molar-refractivity contribution >= 4 is 11.8 Å². The summed E-state index contributed by atoms with van der Waals surface area (Å²) < 4.78 is 0. The molecular weight excluding hydrogens is 278 g/mol. The van der Waals surface area contributed by atoms with Gasteiger partial charge in [-0.25, -0.2) is 0 Å². The van der Waals surface area contributed by atoms with E-state index in [0.717, 1.165) is 37.8 Å². The summed E-state index contributed by atoms with van der Waals surface area (Å²) in [6.07, 6.45) is 8.21. The van der Waals surface area contributed by atoms with Gasteiger partial charge in [0.1, 0.15) is 0 Å². The zero-order valence-electron chi connectivity index (χ0n) is 12.6. The molecule has 1 aliphatic carbocycles. The van der Waals surface area contributed by atoms with Crippen molar-refractivity contribution in [3.05, 3.63) is 30.1 Å². The molecule has 1 aromatic rings. The molecule has 3 aliphatic rings. The Morgan fingerprint density at radius 2 is 1.95 bits per heavy atom. The highest BCUT2D eigenvalue weighted by atomic mass is 16.2. The lowest BCUT2D eigenvalue weighted by atomic mass is 10.0. The second-order valence-electron chi connectivity index (χ2n) is 6.65. The number of rotatable bonds is 3. The average Bonchev–Trinajstić information content (AvgIpc) is 3.13. The van der Waals surface area contributed by atoms with Gasteiger partial charge in [0, 0.05) is 37.9 Å². The molecule has 0 spiro atoms. The van der Waals surface area contributed by atoms with Gasteiger partial charge in [0.2, 0.25) is 11.8 Å². The van der Waals surface area contributed by atoms with Gasteiger partial charge in [-0.2, -0.15) is 0 Å². The molecule has 1 aromatic heterocycles. The largest absolute Gasteiger partial charge is 0.339 e. The second kappa shape index (κ2) is 5.38. The van der Waals surface area contributed by atoms with Crippen molar-refractivity contribution in [2.24, 2.45) is 5.92 Å².